The Balaban J connectivity index is 1.36. The van der Waals surface area contributed by atoms with Crippen LogP contribution >= 0.6 is 0 Å². The molecule has 0 radical (unpaired) electrons. The van der Waals surface area contributed by atoms with Crippen molar-refractivity contribution in [3.63, 3.8) is 0 Å². The van der Waals surface area contributed by atoms with E-state index in [4.69, 9.17) is 9.47 Å². The highest BCUT2D eigenvalue weighted by molar-refractivity contribution is 5.95. The highest BCUT2D eigenvalue weighted by Crippen LogP contribution is 2.47. The maximum atomic E-state index is 10.2. The second-order valence-corrected chi connectivity index (χ2v) is 10.5. The number of allylic oxidation sites excluding steroid dienone is 1. The monoisotopic (exact) mass is 499 g/mol. The van der Waals surface area contributed by atoms with Gasteiger partial charge >= 0.3 is 0 Å². The van der Waals surface area contributed by atoms with Crippen molar-refractivity contribution in [3.8, 4) is 23.0 Å². The van der Waals surface area contributed by atoms with Crippen molar-refractivity contribution in [3.05, 3.63) is 83.4 Å². The number of aromatic hydroxyl groups is 2. The molecule has 1 aliphatic carbocycles. The van der Waals surface area contributed by atoms with Gasteiger partial charge in [-0.1, -0.05) is 43.5 Å². The van der Waals surface area contributed by atoms with Gasteiger partial charge in [-0.25, -0.2) is 0 Å². The molecule has 0 aromatic heterocycles. The fraction of sp³-hybridized carbons (Fsp3) is 0.375. The van der Waals surface area contributed by atoms with E-state index in [-0.39, 0.29) is 17.6 Å². The summed E-state index contributed by atoms with van der Waals surface area (Å²) in [6.45, 7) is 4.93. The van der Waals surface area contributed by atoms with Crippen LogP contribution in [-0.4, -0.2) is 40.9 Å². The number of fused-ring (bicyclic) bond motifs is 1. The Morgan fingerprint density at radius 2 is 1.68 bits per heavy atom. The fourth-order valence-electron chi connectivity index (χ4n) is 5.64. The number of benzene rings is 3. The largest absolute Gasteiger partial charge is 0.508 e. The molecule has 5 rings (SSSR count). The summed E-state index contributed by atoms with van der Waals surface area (Å²) in [5.74, 6) is 1.96. The van der Waals surface area contributed by atoms with E-state index in [1.54, 1.807) is 24.3 Å². The van der Waals surface area contributed by atoms with Gasteiger partial charge in [0, 0.05) is 23.2 Å². The van der Waals surface area contributed by atoms with Gasteiger partial charge in [0.1, 0.15) is 35.7 Å². The molecule has 2 atom stereocenters. The third-order valence-corrected chi connectivity index (χ3v) is 7.96. The molecule has 0 amide bonds. The number of phenols is 2. The van der Waals surface area contributed by atoms with Crippen LogP contribution in [0.15, 0.2) is 66.7 Å². The second-order valence-electron chi connectivity index (χ2n) is 10.5. The zero-order valence-corrected chi connectivity index (χ0v) is 22.0. The van der Waals surface area contributed by atoms with Crippen molar-refractivity contribution in [2.24, 2.45) is 0 Å². The first-order valence-corrected chi connectivity index (χ1v) is 13.4. The molecule has 5 heteroatoms. The molecule has 0 saturated heterocycles. The van der Waals surface area contributed by atoms with Gasteiger partial charge in [0.05, 0.1) is 0 Å². The predicted molar refractivity (Wildman–Crippen MR) is 148 cm³/mol. The summed E-state index contributed by atoms with van der Waals surface area (Å²) in [4.78, 5) is 2.48. The van der Waals surface area contributed by atoms with Crippen LogP contribution in [0.25, 0.3) is 11.1 Å². The summed E-state index contributed by atoms with van der Waals surface area (Å²) < 4.78 is 12.7. The number of likely N-dealkylation sites (N-methyl/N-ethyl adjacent to an activating group) is 1. The minimum Gasteiger partial charge on any atom is -0.508 e. The molecule has 194 valence electrons. The normalized spacial score (nSPS) is 18.9. The van der Waals surface area contributed by atoms with Crippen LogP contribution in [0.1, 0.15) is 68.7 Å². The molecule has 1 unspecified atom stereocenters. The second kappa shape index (κ2) is 10.9. The Hall–Kier alpha value is -3.44. The maximum Gasteiger partial charge on any atom is 0.150 e. The third-order valence-electron chi connectivity index (χ3n) is 7.96. The standard InChI is InChI=1S/C32H37NO4/c1-21(33(3)25-9-5-4-6-10-25)20-36-28-15-12-23(13-16-28)32-31(24-8-7-11-26(34)18-24)22(2)29-19-27(35)14-17-30(29)37-32/h7-8,11-19,21,25,32,34-35H,4-6,9-10,20H2,1-3H3/t21-,32?/m0/s1. The van der Waals surface area contributed by atoms with Crippen LogP contribution in [0.2, 0.25) is 0 Å². The van der Waals surface area contributed by atoms with E-state index in [1.165, 1.54) is 32.1 Å². The molecule has 2 aliphatic rings. The van der Waals surface area contributed by atoms with Crippen LogP contribution in [0.3, 0.4) is 0 Å². The summed E-state index contributed by atoms with van der Waals surface area (Å²) in [7, 11) is 2.22. The zero-order chi connectivity index (χ0) is 25.9. The summed E-state index contributed by atoms with van der Waals surface area (Å²) in [6, 6.07) is 21.5. The van der Waals surface area contributed by atoms with E-state index in [0.717, 1.165) is 39.3 Å². The lowest BCUT2D eigenvalue weighted by atomic mass is 9.86. The van der Waals surface area contributed by atoms with Crippen molar-refractivity contribution in [2.45, 2.75) is 64.1 Å². The van der Waals surface area contributed by atoms with Crippen LogP contribution in [0, 0.1) is 0 Å². The van der Waals surface area contributed by atoms with E-state index in [9.17, 15) is 10.2 Å². The first-order valence-electron chi connectivity index (χ1n) is 13.4. The van der Waals surface area contributed by atoms with Gasteiger partial charge in [-0.05, 0) is 92.9 Å². The first-order chi connectivity index (χ1) is 17.9. The third kappa shape index (κ3) is 5.47. The summed E-state index contributed by atoms with van der Waals surface area (Å²) in [6.07, 6.45) is 6.24. The average Bonchev–Trinajstić information content (AvgIpc) is 2.92. The van der Waals surface area contributed by atoms with Crippen molar-refractivity contribution >= 4 is 11.1 Å². The van der Waals surface area contributed by atoms with Crippen LogP contribution < -0.4 is 9.47 Å². The molecule has 1 heterocycles. The van der Waals surface area contributed by atoms with Crippen LogP contribution in [0.5, 0.6) is 23.0 Å². The number of nitrogens with zero attached hydrogens (tertiary/aromatic N) is 1. The molecule has 2 N–H and O–H groups in total. The number of hydrogen-bond donors (Lipinski definition) is 2. The molecule has 0 bridgehead atoms. The Kier molecular flexibility index (Phi) is 7.43. The first kappa shape index (κ1) is 25.2. The van der Waals surface area contributed by atoms with Gasteiger partial charge < -0.3 is 19.7 Å². The predicted octanol–water partition coefficient (Wildman–Crippen LogP) is 7.19. The SMILES string of the molecule is CC1=C(c2cccc(O)c2)C(c2ccc(OC[C@H](C)N(C)C3CCCCC3)cc2)Oc2ccc(O)cc21. The fourth-order valence-corrected chi connectivity index (χ4v) is 5.64. The van der Waals surface area contributed by atoms with E-state index in [2.05, 4.69) is 31.0 Å². The van der Waals surface area contributed by atoms with E-state index < -0.39 is 0 Å². The molecule has 37 heavy (non-hydrogen) atoms. The van der Waals surface area contributed by atoms with Crippen LogP contribution in [0.4, 0.5) is 0 Å². The molecular weight excluding hydrogens is 462 g/mol. The highest BCUT2D eigenvalue weighted by atomic mass is 16.5. The van der Waals surface area contributed by atoms with Gasteiger partial charge in [0.15, 0.2) is 0 Å². The Morgan fingerprint density at radius 1 is 0.946 bits per heavy atom. The maximum absolute atomic E-state index is 10.2. The van der Waals surface area contributed by atoms with Crippen molar-refractivity contribution < 1.29 is 19.7 Å². The van der Waals surface area contributed by atoms with Gasteiger partial charge in [0.2, 0.25) is 0 Å². The van der Waals surface area contributed by atoms with Gasteiger partial charge in [-0.2, -0.15) is 0 Å². The van der Waals surface area contributed by atoms with Crippen molar-refractivity contribution in [2.75, 3.05) is 13.7 Å². The molecule has 1 aliphatic heterocycles. The summed E-state index contributed by atoms with van der Waals surface area (Å²) in [5.41, 5.74) is 4.70. The quantitative estimate of drug-likeness (QED) is 0.360. The summed E-state index contributed by atoms with van der Waals surface area (Å²) >= 11 is 0. The lowest BCUT2D eigenvalue weighted by Gasteiger charge is -2.35. The molecular formula is C32H37NO4. The van der Waals surface area contributed by atoms with E-state index in [1.807, 2.05) is 37.3 Å². The van der Waals surface area contributed by atoms with E-state index in [0.29, 0.717) is 18.7 Å². The molecule has 0 spiro atoms. The lowest BCUT2D eigenvalue weighted by molar-refractivity contribution is 0.108. The van der Waals surface area contributed by atoms with Gasteiger partial charge in [-0.15, -0.1) is 0 Å². The number of ether oxygens (including phenoxy) is 2. The molecule has 3 aromatic rings. The Labute approximate surface area is 220 Å². The minimum atomic E-state index is -0.357. The van der Waals surface area contributed by atoms with Gasteiger partial charge in [-0.3, -0.25) is 4.90 Å². The van der Waals surface area contributed by atoms with Gasteiger partial charge in [0.25, 0.3) is 0 Å². The number of phenolic OH excluding ortho intramolecular Hbond substituents is 2. The molecule has 3 aromatic carbocycles. The summed E-state index contributed by atoms with van der Waals surface area (Å²) in [5, 5.41) is 20.2. The lowest BCUT2D eigenvalue weighted by Crippen LogP contribution is -2.42. The average molecular weight is 500 g/mol. The minimum absolute atomic E-state index is 0.195. The molecule has 1 fully saturated rings. The zero-order valence-electron chi connectivity index (χ0n) is 22.0. The van der Waals surface area contributed by atoms with Crippen molar-refractivity contribution in [1.82, 2.24) is 4.90 Å². The highest BCUT2D eigenvalue weighted by Gasteiger charge is 2.30. The number of hydrogen-bond acceptors (Lipinski definition) is 5. The number of rotatable bonds is 7. The smallest absolute Gasteiger partial charge is 0.150 e. The molecule has 5 nitrogen and oxygen atoms in total. The van der Waals surface area contributed by atoms with Crippen LogP contribution in [-0.2, 0) is 0 Å². The Morgan fingerprint density at radius 3 is 2.41 bits per heavy atom. The van der Waals surface area contributed by atoms with Crippen molar-refractivity contribution in [1.29, 1.82) is 0 Å². The Bertz CT molecular complexity index is 1260. The molecule has 1 saturated carbocycles. The van der Waals surface area contributed by atoms with E-state index >= 15 is 0 Å². The topological polar surface area (TPSA) is 62.2 Å².